The van der Waals surface area contributed by atoms with Gasteiger partial charge in [-0.1, -0.05) is 23.7 Å². The molecule has 4 heteroatoms. The van der Waals surface area contributed by atoms with Crippen LogP contribution in [0.15, 0.2) is 36.4 Å². The molecule has 2 aromatic carbocycles. The highest BCUT2D eigenvalue weighted by Gasteiger charge is 2.16. The van der Waals surface area contributed by atoms with E-state index in [1.165, 1.54) is 12.1 Å². The number of carbonyl (C=O) groups is 1. The molecule has 0 atom stereocenters. The molecule has 0 aliphatic carbocycles. The van der Waals surface area contributed by atoms with Crippen molar-refractivity contribution in [3.8, 4) is 11.5 Å². The second kappa shape index (κ2) is 5.97. The Hall–Kier alpha value is -2.00. The molecule has 0 spiro atoms. The number of aromatic hydroxyl groups is 2. The van der Waals surface area contributed by atoms with E-state index in [0.29, 0.717) is 17.0 Å². The van der Waals surface area contributed by atoms with Crippen LogP contribution in [0.3, 0.4) is 0 Å². The lowest BCUT2D eigenvalue weighted by molar-refractivity contribution is 0.0977. The van der Waals surface area contributed by atoms with Gasteiger partial charge in [-0.2, -0.15) is 0 Å². The van der Waals surface area contributed by atoms with Crippen LogP contribution in [0.2, 0.25) is 5.02 Å². The molecule has 0 fully saturated rings. The topological polar surface area (TPSA) is 57.5 Å². The molecule has 0 aliphatic heterocycles. The Bertz CT molecular complexity index is 627. The van der Waals surface area contributed by atoms with E-state index in [0.717, 1.165) is 5.56 Å². The van der Waals surface area contributed by atoms with Crippen molar-refractivity contribution in [2.24, 2.45) is 0 Å². The molecular formula is C16H15ClO3. The number of Topliss-reactive ketones (excluding diaryl/α,β-unsaturated/α-hetero) is 1. The highest BCUT2D eigenvalue weighted by molar-refractivity contribution is 6.30. The molecule has 0 saturated carbocycles. The van der Waals surface area contributed by atoms with Gasteiger partial charge in [-0.3, -0.25) is 4.79 Å². The smallest absolute Gasteiger partial charge is 0.170 e. The molecule has 104 valence electrons. The molecule has 0 amide bonds. The fourth-order valence-electron chi connectivity index (χ4n) is 2.11. The number of hydrogen-bond donors (Lipinski definition) is 2. The molecule has 0 radical (unpaired) electrons. The summed E-state index contributed by atoms with van der Waals surface area (Å²) in [5.74, 6) is -0.655. The van der Waals surface area contributed by atoms with Crippen LogP contribution >= 0.6 is 11.6 Å². The number of benzene rings is 2. The van der Waals surface area contributed by atoms with Gasteiger partial charge in [0.1, 0.15) is 17.1 Å². The minimum atomic E-state index is -0.292. The SMILES string of the molecule is Cc1cc(O)c(C(=O)CCc2cccc(Cl)c2)c(O)c1. The standard InChI is InChI=1S/C16H15ClO3/c1-10-7-14(19)16(15(20)8-10)13(18)6-5-11-3-2-4-12(17)9-11/h2-4,7-9,19-20H,5-6H2,1H3. The average Bonchev–Trinajstić information content (AvgIpc) is 2.35. The largest absolute Gasteiger partial charge is 0.507 e. The maximum Gasteiger partial charge on any atom is 0.170 e. The van der Waals surface area contributed by atoms with E-state index in [-0.39, 0.29) is 29.3 Å². The molecule has 0 unspecified atom stereocenters. The van der Waals surface area contributed by atoms with E-state index in [1.54, 1.807) is 19.1 Å². The fraction of sp³-hybridized carbons (Fsp3) is 0.188. The van der Waals surface area contributed by atoms with Gasteiger partial charge in [0, 0.05) is 11.4 Å². The number of phenolic OH excluding ortho intramolecular Hbond substituents is 2. The van der Waals surface area contributed by atoms with Crippen LogP contribution < -0.4 is 0 Å². The summed E-state index contributed by atoms with van der Waals surface area (Å²) < 4.78 is 0. The molecule has 20 heavy (non-hydrogen) atoms. The Kier molecular flexibility index (Phi) is 4.30. The van der Waals surface area contributed by atoms with Crippen LogP contribution in [0, 0.1) is 6.92 Å². The summed E-state index contributed by atoms with van der Waals surface area (Å²) in [5, 5.41) is 20.2. The first-order valence-corrected chi connectivity index (χ1v) is 6.65. The van der Waals surface area contributed by atoms with Crippen molar-refractivity contribution in [2.75, 3.05) is 0 Å². The lowest BCUT2D eigenvalue weighted by atomic mass is 10.00. The summed E-state index contributed by atoms with van der Waals surface area (Å²) in [4.78, 5) is 12.1. The first-order valence-electron chi connectivity index (χ1n) is 6.27. The number of phenols is 2. The van der Waals surface area contributed by atoms with Gasteiger partial charge in [0.15, 0.2) is 5.78 Å². The molecule has 0 aliphatic rings. The summed E-state index contributed by atoms with van der Waals surface area (Å²) in [5.41, 5.74) is 1.63. The number of aryl methyl sites for hydroxylation is 2. The van der Waals surface area contributed by atoms with Gasteiger partial charge in [0.25, 0.3) is 0 Å². The van der Waals surface area contributed by atoms with Gasteiger partial charge in [0.2, 0.25) is 0 Å². The van der Waals surface area contributed by atoms with Crippen molar-refractivity contribution in [1.29, 1.82) is 0 Å². The van der Waals surface area contributed by atoms with E-state index in [2.05, 4.69) is 0 Å². The number of carbonyl (C=O) groups excluding carboxylic acids is 1. The molecule has 0 bridgehead atoms. The summed E-state index contributed by atoms with van der Waals surface area (Å²) in [7, 11) is 0. The monoisotopic (exact) mass is 290 g/mol. The molecular weight excluding hydrogens is 276 g/mol. The minimum Gasteiger partial charge on any atom is -0.507 e. The van der Waals surface area contributed by atoms with Crippen LogP contribution in [-0.4, -0.2) is 16.0 Å². The van der Waals surface area contributed by atoms with Crippen molar-refractivity contribution in [3.05, 3.63) is 58.1 Å². The number of ketones is 1. The predicted molar refractivity (Wildman–Crippen MR) is 78.6 cm³/mol. The number of hydrogen-bond acceptors (Lipinski definition) is 3. The molecule has 3 nitrogen and oxygen atoms in total. The van der Waals surface area contributed by atoms with Gasteiger partial charge in [-0.25, -0.2) is 0 Å². The summed E-state index contributed by atoms with van der Waals surface area (Å²) in [6.07, 6.45) is 0.705. The first kappa shape index (κ1) is 14.4. The van der Waals surface area contributed by atoms with E-state index in [4.69, 9.17) is 11.6 Å². The van der Waals surface area contributed by atoms with E-state index >= 15 is 0 Å². The Morgan fingerprint density at radius 3 is 2.40 bits per heavy atom. The second-order valence-electron chi connectivity index (χ2n) is 4.73. The van der Waals surface area contributed by atoms with Crippen LogP contribution in [-0.2, 0) is 6.42 Å². The first-order chi connectivity index (χ1) is 9.47. The molecule has 2 rings (SSSR count). The Balaban J connectivity index is 2.13. The third-order valence-corrected chi connectivity index (χ3v) is 3.28. The lowest BCUT2D eigenvalue weighted by Gasteiger charge is -2.08. The van der Waals surface area contributed by atoms with Gasteiger partial charge >= 0.3 is 0 Å². The maximum absolute atomic E-state index is 12.1. The van der Waals surface area contributed by atoms with Gasteiger partial charge in [-0.15, -0.1) is 0 Å². The van der Waals surface area contributed by atoms with Crippen molar-refractivity contribution in [3.63, 3.8) is 0 Å². The molecule has 0 heterocycles. The van der Waals surface area contributed by atoms with Gasteiger partial charge in [0.05, 0.1) is 0 Å². The third-order valence-electron chi connectivity index (χ3n) is 3.05. The molecule has 0 aromatic heterocycles. The number of halogens is 1. The minimum absolute atomic E-state index is 0.0161. The zero-order valence-electron chi connectivity index (χ0n) is 11.1. The second-order valence-corrected chi connectivity index (χ2v) is 5.17. The van der Waals surface area contributed by atoms with Crippen LogP contribution in [0.1, 0.15) is 27.9 Å². The van der Waals surface area contributed by atoms with Gasteiger partial charge in [-0.05, 0) is 48.7 Å². The third kappa shape index (κ3) is 3.31. The van der Waals surface area contributed by atoms with Crippen LogP contribution in [0.25, 0.3) is 0 Å². The highest BCUT2D eigenvalue weighted by atomic mass is 35.5. The van der Waals surface area contributed by atoms with Gasteiger partial charge < -0.3 is 10.2 Å². The summed E-state index contributed by atoms with van der Waals surface area (Å²) >= 11 is 5.88. The zero-order chi connectivity index (χ0) is 14.7. The summed E-state index contributed by atoms with van der Waals surface area (Å²) in [6, 6.07) is 10.2. The van der Waals surface area contributed by atoms with Crippen LogP contribution in [0.5, 0.6) is 11.5 Å². The zero-order valence-corrected chi connectivity index (χ0v) is 11.8. The molecule has 0 saturated heterocycles. The quantitative estimate of drug-likeness (QED) is 0.840. The van der Waals surface area contributed by atoms with Crippen molar-refractivity contribution >= 4 is 17.4 Å². The van der Waals surface area contributed by atoms with E-state index in [1.807, 2.05) is 12.1 Å². The van der Waals surface area contributed by atoms with E-state index < -0.39 is 0 Å². The average molecular weight is 291 g/mol. The summed E-state index contributed by atoms with van der Waals surface area (Å²) in [6.45, 7) is 1.74. The Morgan fingerprint density at radius 1 is 1.15 bits per heavy atom. The van der Waals surface area contributed by atoms with Crippen molar-refractivity contribution in [1.82, 2.24) is 0 Å². The predicted octanol–water partition coefficient (Wildman–Crippen LogP) is 3.88. The molecule has 2 aromatic rings. The van der Waals surface area contributed by atoms with Crippen molar-refractivity contribution < 1.29 is 15.0 Å². The highest BCUT2D eigenvalue weighted by Crippen LogP contribution is 2.30. The van der Waals surface area contributed by atoms with E-state index in [9.17, 15) is 15.0 Å². The molecule has 2 N–H and O–H groups in total. The number of rotatable bonds is 4. The Labute approximate surface area is 122 Å². The fourth-order valence-corrected chi connectivity index (χ4v) is 2.32. The Morgan fingerprint density at radius 2 is 1.80 bits per heavy atom. The normalized spacial score (nSPS) is 10.5. The van der Waals surface area contributed by atoms with Crippen molar-refractivity contribution in [2.45, 2.75) is 19.8 Å². The lowest BCUT2D eigenvalue weighted by Crippen LogP contribution is -2.02. The van der Waals surface area contributed by atoms with Crippen LogP contribution in [0.4, 0.5) is 0 Å². The maximum atomic E-state index is 12.1.